The molecule has 0 aromatic heterocycles. The summed E-state index contributed by atoms with van der Waals surface area (Å²) in [6.07, 6.45) is 16.6. The minimum Gasteiger partial charge on any atom is -1.00 e. The van der Waals surface area contributed by atoms with Crippen LogP contribution in [0.15, 0.2) is 0 Å². The molecule has 0 atom stereocenters. The summed E-state index contributed by atoms with van der Waals surface area (Å²) in [4.78, 5) is 58.8. The molecule has 0 heterocycles. The Hall–Kier alpha value is -1.78. The molecule has 18 N–H and O–H groups in total. The molecule has 258 valence electrons. The van der Waals surface area contributed by atoms with Crippen LogP contribution in [-0.2, 0) is 28.8 Å². The van der Waals surface area contributed by atoms with E-state index in [9.17, 15) is 28.8 Å². The SMILES string of the molecule is C.C1CCC(CC2CCCCC2)CC1.CC(=O)NN.CC(=O)NN.CC(=O)NN.CC(=O)NN.NNC(=O)CC(=O)NN.[H-].[K+]. The van der Waals surface area contributed by atoms with Crippen molar-refractivity contribution in [2.45, 2.75) is 112 Å². The van der Waals surface area contributed by atoms with Crippen molar-refractivity contribution in [2.24, 2.45) is 46.9 Å². The van der Waals surface area contributed by atoms with Crippen LogP contribution in [0, 0.1) is 11.8 Å². The average molecular weight is 665 g/mol. The Balaban J connectivity index is -0.0000000805. The fourth-order valence-electron chi connectivity index (χ4n) is 3.56. The van der Waals surface area contributed by atoms with Crippen LogP contribution in [0.4, 0.5) is 0 Å². The molecule has 6 amide bonds. The maximum atomic E-state index is 10.2. The molecule has 0 saturated heterocycles. The smallest absolute Gasteiger partial charge is 1.00 e. The minimum atomic E-state index is -0.571. The van der Waals surface area contributed by atoms with E-state index in [4.69, 9.17) is 0 Å². The number of nitrogens with one attached hydrogen (secondary N) is 6. The fraction of sp³-hybridized carbons (Fsp3) is 0.760. The number of carbonyl (C=O) groups is 6. The van der Waals surface area contributed by atoms with E-state index in [0.29, 0.717) is 0 Å². The third-order valence-electron chi connectivity index (χ3n) is 5.57. The van der Waals surface area contributed by atoms with E-state index in [0.717, 1.165) is 11.8 Å². The van der Waals surface area contributed by atoms with E-state index in [2.05, 4.69) is 35.1 Å². The van der Waals surface area contributed by atoms with Gasteiger partial charge in [0.05, 0.1) is 0 Å². The predicted octanol–water partition coefficient (Wildman–Crippen LogP) is -4.37. The molecule has 0 spiro atoms. The third kappa shape index (κ3) is 52.8. The van der Waals surface area contributed by atoms with Gasteiger partial charge in [-0.15, -0.1) is 0 Å². The Labute approximate surface area is 306 Å². The summed E-state index contributed by atoms with van der Waals surface area (Å²) in [7, 11) is 0. The molecule has 19 heteroatoms. The Morgan fingerprint density at radius 2 is 0.705 bits per heavy atom. The molecule has 2 rings (SSSR count). The van der Waals surface area contributed by atoms with Crippen molar-refractivity contribution < 1.29 is 81.6 Å². The van der Waals surface area contributed by atoms with Gasteiger partial charge in [-0.3, -0.25) is 61.3 Å². The normalized spacial score (nSPS) is 13.0. The summed E-state index contributed by atoms with van der Waals surface area (Å²) >= 11 is 0. The topological polar surface area (TPSA) is 331 Å². The average Bonchev–Trinajstić information content (AvgIpc) is 2.99. The number of hydrogen-bond donors (Lipinski definition) is 12. The molecular weight excluding hydrogens is 603 g/mol. The number of rotatable bonds is 4. The first-order valence-corrected chi connectivity index (χ1v) is 13.6. The Bertz CT molecular complexity index is 659. The zero-order chi connectivity index (χ0) is 33.3. The van der Waals surface area contributed by atoms with E-state index in [1.165, 1.54) is 66.2 Å². The zero-order valence-corrected chi connectivity index (χ0v) is 29.7. The van der Waals surface area contributed by atoms with Crippen molar-refractivity contribution in [3.63, 3.8) is 0 Å². The molecule has 0 unspecified atom stereocenters. The molecule has 2 saturated carbocycles. The van der Waals surface area contributed by atoms with Crippen LogP contribution >= 0.6 is 0 Å². The molecule has 2 aliphatic carbocycles. The van der Waals surface area contributed by atoms with Gasteiger partial charge >= 0.3 is 51.4 Å². The molecule has 2 aliphatic rings. The fourth-order valence-corrected chi connectivity index (χ4v) is 3.56. The van der Waals surface area contributed by atoms with Crippen molar-refractivity contribution in [1.29, 1.82) is 0 Å². The van der Waals surface area contributed by atoms with E-state index >= 15 is 0 Å². The van der Waals surface area contributed by atoms with Crippen LogP contribution in [0.25, 0.3) is 0 Å². The molecule has 18 nitrogen and oxygen atoms in total. The summed E-state index contributed by atoms with van der Waals surface area (Å²) in [5.74, 6) is 27.8. The summed E-state index contributed by atoms with van der Waals surface area (Å²) in [6.45, 7) is 5.39. The van der Waals surface area contributed by atoms with Crippen LogP contribution < -0.4 is 119 Å². The number of nitrogens with two attached hydrogens (primary N) is 6. The van der Waals surface area contributed by atoms with Crippen LogP contribution in [0.3, 0.4) is 0 Å². The van der Waals surface area contributed by atoms with Crippen LogP contribution in [-0.4, -0.2) is 35.4 Å². The van der Waals surface area contributed by atoms with Gasteiger partial charge in [0.25, 0.3) is 0 Å². The molecule has 0 bridgehead atoms. The molecule has 2 fully saturated rings. The number of carbonyl (C=O) groups excluding carboxylic acids is 6. The van der Waals surface area contributed by atoms with Gasteiger partial charge in [0.1, 0.15) is 6.42 Å². The summed E-state index contributed by atoms with van der Waals surface area (Å²) in [5, 5.41) is 0. The molecule has 0 radical (unpaired) electrons. The van der Waals surface area contributed by atoms with E-state index < -0.39 is 11.8 Å². The number of amides is 6. The standard InChI is InChI=1S/C13H24.C3H8N4O2.4C2H6N2O.CH4.K.H/c1-3-7-12(8-4-1)11-13-9-5-2-6-10-13;4-6-2(8)1-3(9)7-5;4*1-2(5)4-3;;;/h12-13H,1-11H2;1,4-5H2,(H,6,8)(H,7,9);4*3H2,1H3,(H,4,5);1H4;;/q;;;;;;;+1;-1. The first-order chi connectivity index (χ1) is 19.7. The molecular formula is C25H61KN12O6. The first-order valence-electron chi connectivity index (χ1n) is 13.6. The first kappa shape index (κ1) is 54.7. The number of hydrogen-bond acceptors (Lipinski definition) is 12. The van der Waals surface area contributed by atoms with Crippen LogP contribution in [0.5, 0.6) is 0 Å². The maximum absolute atomic E-state index is 10.2. The van der Waals surface area contributed by atoms with Crippen molar-refractivity contribution in [3.8, 4) is 0 Å². The molecule has 0 aromatic carbocycles. The summed E-state index contributed by atoms with van der Waals surface area (Å²) in [6, 6.07) is 0. The van der Waals surface area contributed by atoms with Gasteiger partial charge < -0.3 is 1.43 Å². The van der Waals surface area contributed by atoms with Crippen LogP contribution in [0.1, 0.15) is 114 Å². The van der Waals surface area contributed by atoms with Gasteiger partial charge in [0, 0.05) is 27.7 Å². The van der Waals surface area contributed by atoms with Crippen molar-refractivity contribution in [3.05, 3.63) is 0 Å². The van der Waals surface area contributed by atoms with Gasteiger partial charge in [-0.25, -0.2) is 35.1 Å². The molecule has 0 aliphatic heterocycles. The van der Waals surface area contributed by atoms with Gasteiger partial charge in [-0.1, -0.05) is 71.6 Å². The molecule has 44 heavy (non-hydrogen) atoms. The van der Waals surface area contributed by atoms with E-state index in [-0.39, 0.29) is 90.3 Å². The second kappa shape index (κ2) is 41.2. The van der Waals surface area contributed by atoms with E-state index in [1.807, 2.05) is 21.7 Å². The predicted molar refractivity (Wildman–Crippen MR) is 167 cm³/mol. The van der Waals surface area contributed by atoms with Crippen molar-refractivity contribution in [1.82, 2.24) is 32.6 Å². The number of hydrazine groups is 6. The van der Waals surface area contributed by atoms with Gasteiger partial charge in [-0.2, -0.15) is 0 Å². The third-order valence-corrected chi connectivity index (χ3v) is 5.57. The Morgan fingerprint density at radius 1 is 0.500 bits per heavy atom. The zero-order valence-electron chi connectivity index (χ0n) is 27.6. The van der Waals surface area contributed by atoms with Crippen LogP contribution in [0.2, 0.25) is 0 Å². The van der Waals surface area contributed by atoms with Gasteiger partial charge in [0.15, 0.2) is 0 Å². The maximum Gasteiger partial charge on any atom is 1.00 e. The quantitative estimate of drug-likeness (QED) is 0.0446. The summed E-state index contributed by atoms with van der Waals surface area (Å²) < 4.78 is 0. The van der Waals surface area contributed by atoms with Crippen molar-refractivity contribution in [2.75, 3.05) is 0 Å². The summed E-state index contributed by atoms with van der Waals surface area (Å²) in [5.41, 5.74) is 11.1. The Morgan fingerprint density at radius 3 is 0.864 bits per heavy atom. The monoisotopic (exact) mass is 664 g/mol. The Kier molecular flexibility index (Phi) is 51.2. The van der Waals surface area contributed by atoms with Crippen molar-refractivity contribution >= 4 is 35.4 Å². The molecule has 0 aromatic rings. The van der Waals surface area contributed by atoms with Gasteiger partial charge in [0.2, 0.25) is 35.4 Å². The van der Waals surface area contributed by atoms with E-state index in [1.54, 1.807) is 43.0 Å². The second-order valence-electron chi connectivity index (χ2n) is 9.36. The second-order valence-corrected chi connectivity index (χ2v) is 9.36. The van der Waals surface area contributed by atoms with Gasteiger partial charge in [-0.05, 0) is 18.3 Å². The minimum absolute atomic E-state index is 0. The largest absolute Gasteiger partial charge is 1.00 e.